The molecule has 3 heteroatoms. The van der Waals surface area contributed by atoms with Crippen molar-refractivity contribution in [1.82, 2.24) is 5.48 Å². The molecule has 3 nitrogen and oxygen atoms in total. The molecule has 0 radical (unpaired) electrons. The van der Waals surface area contributed by atoms with Crippen LogP contribution in [0.3, 0.4) is 0 Å². The molecule has 0 aliphatic carbocycles. The summed E-state index contributed by atoms with van der Waals surface area (Å²) in [5, 5.41) is 0. The Morgan fingerprint density at radius 1 is 1.15 bits per heavy atom. The van der Waals surface area contributed by atoms with Gasteiger partial charge >= 0.3 is 0 Å². The molecule has 1 aromatic carbocycles. The third-order valence-electron chi connectivity index (χ3n) is 5.17. The molecule has 2 aliphatic rings. The highest BCUT2D eigenvalue weighted by molar-refractivity contribution is 5.20. The summed E-state index contributed by atoms with van der Waals surface area (Å²) in [6, 6.07) is 10.9. The maximum absolute atomic E-state index is 6.35. The average molecular weight is 275 g/mol. The summed E-state index contributed by atoms with van der Waals surface area (Å²) in [6.07, 6.45) is 3.15. The van der Waals surface area contributed by atoms with E-state index in [1.807, 2.05) is 0 Å². The summed E-state index contributed by atoms with van der Waals surface area (Å²) in [5.74, 6) is -0.565. The lowest BCUT2D eigenvalue weighted by molar-refractivity contribution is -0.328. The van der Waals surface area contributed by atoms with E-state index in [1.54, 1.807) is 0 Å². The molecular formula is C17H25NO2. The number of hydrogen-bond donors (Lipinski definition) is 1. The van der Waals surface area contributed by atoms with Crippen LogP contribution in [0.15, 0.2) is 30.3 Å². The van der Waals surface area contributed by atoms with Crippen LogP contribution in [0.5, 0.6) is 0 Å². The van der Waals surface area contributed by atoms with E-state index in [2.05, 4.69) is 63.5 Å². The number of ether oxygens (including phenoxy) is 1. The Balaban J connectivity index is 1.95. The molecule has 2 heterocycles. The largest absolute Gasteiger partial charge is 0.342 e. The Morgan fingerprint density at radius 3 is 2.55 bits per heavy atom. The topological polar surface area (TPSA) is 30.5 Å². The van der Waals surface area contributed by atoms with Gasteiger partial charge in [0.1, 0.15) is 0 Å². The molecular weight excluding hydrogens is 250 g/mol. The molecule has 20 heavy (non-hydrogen) atoms. The van der Waals surface area contributed by atoms with Crippen LogP contribution in [0.2, 0.25) is 0 Å². The predicted octanol–water partition coefficient (Wildman–Crippen LogP) is 3.44. The molecule has 0 amide bonds. The molecule has 0 bridgehead atoms. The number of hydroxylamine groups is 1. The van der Waals surface area contributed by atoms with Gasteiger partial charge in [-0.05, 0) is 52.5 Å². The first kappa shape index (κ1) is 14.1. The fourth-order valence-electron chi connectivity index (χ4n) is 3.84. The lowest BCUT2D eigenvalue weighted by Crippen LogP contribution is -2.58. The van der Waals surface area contributed by atoms with Crippen LogP contribution in [0.25, 0.3) is 0 Å². The molecule has 2 aliphatic heterocycles. The highest BCUT2D eigenvalue weighted by Crippen LogP contribution is 2.55. The minimum atomic E-state index is -0.565. The molecule has 3 rings (SSSR count). The smallest absolute Gasteiger partial charge is 0.192 e. The van der Waals surface area contributed by atoms with Crippen LogP contribution in [0.4, 0.5) is 0 Å². The van der Waals surface area contributed by atoms with Crippen molar-refractivity contribution < 1.29 is 9.57 Å². The van der Waals surface area contributed by atoms with Gasteiger partial charge in [0.25, 0.3) is 0 Å². The Hall–Kier alpha value is -0.900. The molecule has 110 valence electrons. The number of fused-ring (bicyclic) bond motifs is 1. The Bertz CT molecular complexity index is 487. The standard InChI is InChI=1S/C17H25NO2/c1-13-17(12-14-8-6-5-7-9-14)11-10-15(2,3)19-16(17,4)20-18-13/h5-9,13,18H,10-12H2,1-4H3/t13-,16-,17-/m0/s1. The Kier molecular flexibility index (Phi) is 3.20. The van der Waals surface area contributed by atoms with Gasteiger partial charge in [0, 0.05) is 11.5 Å². The molecule has 2 saturated heterocycles. The third kappa shape index (κ3) is 2.09. The van der Waals surface area contributed by atoms with E-state index in [-0.39, 0.29) is 17.1 Å². The number of hydrogen-bond acceptors (Lipinski definition) is 3. The number of nitrogens with one attached hydrogen (secondary N) is 1. The fourth-order valence-corrected chi connectivity index (χ4v) is 3.84. The van der Waals surface area contributed by atoms with Gasteiger partial charge in [0.2, 0.25) is 0 Å². The summed E-state index contributed by atoms with van der Waals surface area (Å²) in [4.78, 5) is 5.90. The lowest BCUT2D eigenvalue weighted by Gasteiger charge is -2.51. The first-order valence-corrected chi connectivity index (χ1v) is 7.55. The molecule has 2 fully saturated rings. The van der Waals surface area contributed by atoms with Crippen molar-refractivity contribution in [3.05, 3.63) is 35.9 Å². The zero-order chi connectivity index (χ0) is 14.4. The van der Waals surface area contributed by atoms with Gasteiger partial charge in [-0.2, -0.15) is 5.48 Å². The second-order valence-corrected chi connectivity index (χ2v) is 7.07. The first-order chi connectivity index (χ1) is 9.37. The Labute approximate surface area is 121 Å². The summed E-state index contributed by atoms with van der Waals surface area (Å²) < 4.78 is 6.35. The van der Waals surface area contributed by atoms with Crippen molar-refractivity contribution in [2.75, 3.05) is 0 Å². The molecule has 0 saturated carbocycles. The van der Waals surface area contributed by atoms with E-state index in [9.17, 15) is 0 Å². The van der Waals surface area contributed by atoms with Gasteiger partial charge < -0.3 is 4.74 Å². The van der Waals surface area contributed by atoms with Crippen molar-refractivity contribution in [2.24, 2.45) is 5.41 Å². The second kappa shape index (κ2) is 4.55. The van der Waals surface area contributed by atoms with Crippen LogP contribution < -0.4 is 5.48 Å². The summed E-state index contributed by atoms with van der Waals surface area (Å²) in [5.41, 5.74) is 4.39. The van der Waals surface area contributed by atoms with E-state index in [1.165, 1.54) is 5.56 Å². The number of rotatable bonds is 2. The molecule has 1 aromatic rings. The first-order valence-electron chi connectivity index (χ1n) is 7.55. The second-order valence-electron chi connectivity index (χ2n) is 7.07. The van der Waals surface area contributed by atoms with Crippen molar-refractivity contribution in [1.29, 1.82) is 0 Å². The van der Waals surface area contributed by atoms with Gasteiger partial charge in [-0.25, -0.2) is 0 Å². The van der Waals surface area contributed by atoms with Crippen molar-refractivity contribution in [3.63, 3.8) is 0 Å². The maximum atomic E-state index is 6.35. The van der Waals surface area contributed by atoms with Crippen LogP contribution >= 0.6 is 0 Å². The zero-order valence-electron chi connectivity index (χ0n) is 12.9. The van der Waals surface area contributed by atoms with E-state index in [0.29, 0.717) is 0 Å². The van der Waals surface area contributed by atoms with E-state index in [0.717, 1.165) is 19.3 Å². The van der Waals surface area contributed by atoms with Crippen LogP contribution in [-0.2, 0) is 16.0 Å². The highest BCUT2D eigenvalue weighted by Gasteiger charge is 2.63. The average Bonchev–Trinajstić information content (AvgIpc) is 2.63. The van der Waals surface area contributed by atoms with Gasteiger partial charge in [-0.15, -0.1) is 0 Å². The quantitative estimate of drug-likeness (QED) is 0.897. The molecule has 0 unspecified atom stereocenters. The van der Waals surface area contributed by atoms with Gasteiger partial charge in [0.15, 0.2) is 5.79 Å². The normalized spacial score (nSPS) is 39.5. The molecule has 0 spiro atoms. The monoisotopic (exact) mass is 275 g/mol. The molecule has 0 aromatic heterocycles. The fraction of sp³-hybridized carbons (Fsp3) is 0.647. The Morgan fingerprint density at radius 2 is 1.85 bits per heavy atom. The van der Waals surface area contributed by atoms with Crippen LogP contribution in [0.1, 0.15) is 46.1 Å². The highest BCUT2D eigenvalue weighted by atomic mass is 16.8. The SMILES string of the molecule is C[C@@H]1NO[C@]2(C)OC(C)(C)CC[C@]12Cc1ccccc1. The van der Waals surface area contributed by atoms with Crippen molar-refractivity contribution >= 4 is 0 Å². The van der Waals surface area contributed by atoms with Gasteiger partial charge in [0.05, 0.1) is 5.60 Å². The van der Waals surface area contributed by atoms with Crippen LogP contribution in [0, 0.1) is 5.41 Å². The minimum Gasteiger partial charge on any atom is -0.342 e. The van der Waals surface area contributed by atoms with Gasteiger partial charge in [-0.3, -0.25) is 4.84 Å². The summed E-state index contributed by atoms with van der Waals surface area (Å²) in [6.45, 7) is 8.59. The summed E-state index contributed by atoms with van der Waals surface area (Å²) >= 11 is 0. The van der Waals surface area contributed by atoms with E-state index < -0.39 is 5.79 Å². The lowest BCUT2D eigenvalue weighted by atomic mass is 9.64. The molecule has 1 N–H and O–H groups in total. The maximum Gasteiger partial charge on any atom is 0.192 e. The predicted molar refractivity (Wildman–Crippen MR) is 79.1 cm³/mol. The zero-order valence-corrected chi connectivity index (χ0v) is 12.9. The van der Waals surface area contributed by atoms with Crippen LogP contribution in [-0.4, -0.2) is 17.4 Å². The number of benzene rings is 1. The van der Waals surface area contributed by atoms with E-state index >= 15 is 0 Å². The third-order valence-corrected chi connectivity index (χ3v) is 5.17. The summed E-state index contributed by atoms with van der Waals surface area (Å²) in [7, 11) is 0. The van der Waals surface area contributed by atoms with Crippen molar-refractivity contribution in [3.8, 4) is 0 Å². The minimum absolute atomic E-state index is 0.0100. The molecule has 3 atom stereocenters. The van der Waals surface area contributed by atoms with Gasteiger partial charge in [-0.1, -0.05) is 30.3 Å². The van der Waals surface area contributed by atoms with Crippen molar-refractivity contribution in [2.45, 2.75) is 64.4 Å². The van der Waals surface area contributed by atoms with E-state index in [4.69, 9.17) is 9.57 Å².